The lowest BCUT2D eigenvalue weighted by Gasteiger charge is -2.13. The second kappa shape index (κ2) is 7.89. The van der Waals surface area contributed by atoms with Gasteiger partial charge in [0, 0.05) is 5.57 Å². The van der Waals surface area contributed by atoms with Crippen molar-refractivity contribution in [3.05, 3.63) is 47.5 Å². The highest BCUT2D eigenvalue weighted by atomic mass is 31.1. The van der Waals surface area contributed by atoms with Crippen LogP contribution >= 0.6 is 8.03 Å². The average molecular weight is 283 g/mol. The molecule has 0 spiro atoms. The predicted octanol–water partition coefficient (Wildman–Crippen LogP) is 1.42. The Bertz CT molecular complexity index is 473. The fraction of sp³-hybridized carbons (Fsp3) is 0.308. The van der Waals surface area contributed by atoms with Crippen molar-refractivity contribution in [2.24, 2.45) is 5.73 Å². The summed E-state index contributed by atoms with van der Waals surface area (Å²) < 4.78 is 11.3. The first-order valence-electron chi connectivity index (χ1n) is 5.96. The molecule has 0 amide bonds. The van der Waals surface area contributed by atoms with Crippen molar-refractivity contribution in [3.8, 4) is 0 Å². The number of hydrogen-bond donors (Lipinski definition) is 3. The molecule has 19 heavy (non-hydrogen) atoms. The van der Waals surface area contributed by atoms with E-state index in [1.165, 1.54) is 6.08 Å². The number of rotatable bonds is 7. The summed E-state index contributed by atoms with van der Waals surface area (Å²) in [6.07, 6.45) is 2.11. The van der Waals surface area contributed by atoms with Crippen molar-refractivity contribution in [1.29, 1.82) is 0 Å². The normalized spacial score (nSPS) is 14.9. The Morgan fingerprint density at radius 3 is 2.47 bits per heavy atom. The quantitative estimate of drug-likeness (QED) is 0.519. The van der Waals surface area contributed by atoms with E-state index >= 15 is 0 Å². The Hall–Kier alpha value is -1.42. The van der Waals surface area contributed by atoms with Crippen LogP contribution in [0.2, 0.25) is 0 Å². The molecule has 1 rings (SSSR count). The van der Waals surface area contributed by atoms with E-state index in [9.17, 15) is 14.3 Å². The Morgan fingerprint density at radius 2 is 2.00 bits per heavy atom. The summed E-state index contributed by atoms with van der Waals surface area (Å²) in [4.78, 5) is 20.4. The van der Waals surface area contributed by atoms with Crippen molar-refractivity contribution < 1.29 is 19.4 Å². The zero-order valence-electron chi connectivity index (χ0n) is 10.5. The molecule has 2 unspecified atom stereocenters. The largest absolute Gasteiger partial charge is 0.478 e. The van der Waals surface area contributed by atoms with Crippen molar-refractivity contribution in [2.45, 2.75) is 18.5 Å². The maximum atomic E-state index is 11.3. The highest BCUT2D eigenvalue weighted by Crippen LogP contribution is 2.31. The third-order valence-corrected chi connectivity index (χ3v) is 3.97. The van der Waals surface area contributed by atoms with Crippen LogP contribution < -0.4 is 5.73 Å². The lowest BCUT2D eigenvalue weighted by molar-refractivity contribution is -0.132. The van der Waals surface area contributed by atoms with E-state index in [0.29, 0.717) is 6.42 Å². The minimum atomic E-state index is -2.96. The fourth-order valence-corrected chi connectivity index (χ4v) is 2.72. The first kappa shape index (κ1) is 15.6. The van der Waals surface area contributed by atoms with E-state index in [1.54, 1.807) is 0 Å². The van der Waals surface area contributed by atoms with E-state index in [0.717, 1.165) is 5.56 Å². The molecule has 104 valence electrons. The van der Waals surface area contributed by atoms with Gasteiger partial charge in [-0.25, -0.2) is 4.79 Å². The van der Waals surface area contributed by atoms with Gasteiger partial charge in [-0.2, -0.15) is 0 Å². The van der Waals surface area contributed by atoms with Gasteiger partial charge in [0.25, 0.3) is 0 Å². The summed E-state index contributed by atoms with van der Waals surface area (Å²) in [7, 11) is -2.96. The van der Waals surface area contributed by atoms with E-state index < -0.39 is 19.7 Å². The van der Waals surface area contributed by atoms with Gasteiger partial charge < -0.3 is 15.7 Å². The molecule has 0 aliphatic carbocycles. The Balaban J connectivity index is 2.92. The highest BCUT2D eigenvalue weighted by molar-refractivity contribution is 7.39. The standard InChI is InChI=1S/C13H18NO4P/c14-9-8-12(19(17)18)11(13(15)16)7-6-10-4-2-1-3-5-10/h1-5,7,12,19H,6,8-9,14H2,(H,15,16)(H,17,18). The molecular weight excluding hydrogens is 265 g/mol. The molecule has 4 N–H and O–H groups in total. The molecule has 2 atom stereocenters. The average Bonchev–Trinajstić information content (AvgIpc) is 2.38. The number of carboxylic acids is 1. The third-order valence-electron chi connectivity index (χ3n) is 2.78. The first-order valence-corrected chi connectivity index (χ1v) is 7.39. The van der Waals surface area contributed by atoms with Gasteiger partial charge in [-0.15, -0.1) is 0 Å². The maximum Gasteiger partial charge on any atom is 0.332 e. The van der Waals surface area contributed by atoms with Gasteiger partial charge in [-0.3, -0.25) is 4.57 Å². The molecule has 0 heterocycles. The molecule has 0 saturated carbocycles. The number of allylic oxidation sites excluding steroid dienone is 1. The number of benzene rings is 1. The van der Waals surface area contributed by atoms with E-state index in [-0.39, 0.29) is 18.5 Å². The van der Waals surface area contributed by atoms with Crippen LogP contribution in [0.5, 0.6) is 0 Å². The van der Waals surface area contributed by atoms with Gasteiger partial charge >= 0.3 is 5.97 Å². The fourth-order valence-electron chi connectivity index (χ4n) is 1.80. The Morgan fingerprint density at radius 1 is 1.37 bits per heavy atom. The van der Waals surface area contributed by atoms with Crippen LogP contribution in [0.1, 0.15) is 12.0 Å². The molecule has 5 nitrogen and oxygen atoms in total. The third kappa shape index (κ3) is 4.99. The van der Waals surface area contributed by atoms with Crippen molar-refractivity contribution in [1.82, 2.24) is 0 Å². The molecule has 0 aliphatic rings. The number of nitrogens with two attached hydrogens (primary N) is 1. The summed E-state index contributed by atoms with van der Waals surface area (Å²) in [6.45, 7) is 0.178. The molecule has 1 aromatic carbocycles. The predicted molar refractivity (Wildman–Crippen MR) is 74.5 cm³/mol. The van der Waals surface area contributed by atoms with Crippen molar-refractivity contribution in [2.75, 3.05) is 6.54 Å². The zero-order chi connectivity index (χ0) is 14.3. The van der Waals surface area contributed by atoms with Crippen LogP contribution in [0.15, 0.2) is 42.0 Å². The smallest absolute Gasteiger partial charge is 0.332 e. The minimum absolute atomic E-state index is 0.0271. The lowest BCUT2D eigenvalue weighted by Crippen LogP contribution is -2.19. The second-order valence-corrected chi connectivity index (χ2v) is 5.50. The van der Waals surface area contributed by atoms with Gasteiger partial charge in [0.15, 0.2) is 8.03 Å². The van der Waals surface area contributed by atoms with Gasteiger partial charge in [0.05, 0.1) is 5.66 Å². The maximum absolute atomic E-state index is 11.3. The summed E-state index contributed by atoms with van der Waals surface area (Å²) in [6, 6.07) is 9.33. The van der Waals surface area contributed by atoms with Crippen LogP contribution in [0, 0.1) is 0 Å². The Labute approximate surface area is 112 Å². The SMILES string of the molecule is NCCC(C(=CCc1ccccc1)C(=O)O)[PH](=O)O. The first-order chi connectivity index (χ1) is 9.06. The molecule has 6 heteroatoms. The number of aliphatic carboxylic acids is 1. The molecule has 0 aliphatic heterocycles. The van der Waals surface area contributed by atoms with E-state index in [4.69, 9.17) is 10.8 Å². The molecule has 1 aromatic rings. The molecular formula is C13H18NO4P. The van der Waals surface area contributed by atoms with Gasteiger partial charge in [0.1, 0.15) is 0 Å². The zero-order valence-corrected chi connectivity index (χ0v) is 11.5. The molecule has 0 bridgehead atoms. The van der Waals surface area contributed by atoms with Crippen molar-refractivity contribution in [3.63, 3.8) is 0 Å². The lowest BCUT2D eigenvalue weighted by atomic mass is 10.1. The summed E-state index contributed by atoms with van der Waals surface area (Å²) in [5, 5.41) is 9.15. The van der Waals surface area contributed by atoms with Crippen molar-refractivity contribution >= 4 is 14.0 Å². The van der Waals surface area contributed by atoms with Gasteiger partial charge in [0.2, 0.25) is 0 Å². The highest BCUT2D eigenvalue weighted by Gasteiger charge is 2.24. The van der Waals surface area contributed by atoms with Gasteiger partial charge in [-0.1, -0.05) is 36.4 Å². The van der Waals surface area contributed by atoms with E-state index in [1.807, 2.05) is 30.3 Å². The van der Waals surface area contributed by atoms with Crippen LogP contribution in [0.25, 0.3) is 0 Å². The van der Waals surface area contributed by atoms with Gasteiger partial charge in [-0.05, 0) is 24.9 Å². The van der Waals surface area contributed by atoms with Crippen LogP contribution in [0.4, 0.5) is 0 Å². The topological polar surface area (TPSA) is 101 Å². The monoisotopic (exact) mass is 283 g/mol. The second-order valence-electron chi connectivity index (χ2n) is 4.12. The summed E-state index contributed by atoms with van der Waals surface area (Å²) >= 11 is 0. The number of hydrogen-bond acceptors (Lipinski definition) is 3. The summed E-state index contributed by atoms with van der Waals surface area (Å²) in [5.41, 5.74) is 5.40. The Kier molecular flexibility index (Phi) is 6.50. The number of carbonyl (C=O) groups is 1. The minimum Gasteiger partial charge on any atom is -0.478 e. The summed E-state index contributed by atoms with van der Waals surface area (Å²) in [5.74, 6) is -1.17. The van der Waals surface area contributed by atoms with Crippen LogP contribution in [-0.4, -0.2) is 28.2 Å². The molecule has 0 radical (unpaired) electrons. The van der Waals surface area contributed by atoms with Crippen LogP contribution in [0.3, 0.4) is 0 Å². The molecule has 0 fully saturated rings. The molecule has 0 saturated heterocycles. The van der Waals surface area contributed by atoms with Crippen LogP contribution in [-0.2, 0) is 15.8 Å². The molecule has 0 aromatic heterocycles. The van der Waals surface area contributed by atoms with E-state index in [2.05, 4.69) is 0 Å². The number of carboxylic acid groups (broad SMARTS) is 1.